The van der Waals surface area contributed by atoms with Crippen molar-refractivity contribution in [3.05, 3.63) is 38.9 Å². The van der Waals surface area contributed by atoms with Gasteiger partial charge in [0.25, 0.3) is 5.69 Å². The summed E-state index contributed by atoms with van der Waals surface area (Å²) in [6.07, 6.45) is 0.923. The van der Waals surface area contributed by atoms with Gasteiger partial charge in [-0.15, -0.1) is 0 Å². The van der Waals surface area contributed by atoms with Crippen molar-refractivity contribution in [3.63, 3.8) is 0 Å². The van der Waals surface area contributed by atoms with Gasteiger partial charge in [0.15, 0.2) is 0 Å². The number of nitrogen functional groups attached to an aromatic ring is 1. The molecule has 1 rings (SSSR count). The van der Waals surface area contributed by atoms with Gasteiger partial charge in [0, 0.05) is 11.3 Å². The van der Waals surface area contributed by atoms with Crippen LogP contribution in [-0.4, -0.2) is 30.1 Å². The number of nitro groups is 1. The highest BCUT2D eigenvalue weighted by Crippen LogP contribution is 2.30. The monoisotopic (exact) mass is 336 g/mol. The van der Waals surface area contributed by atoms with E-state index in [1.165, 1.54) is 25.1 Å². The molecule has 0 radical (unpaired) electrons. The van der Waals surface area contributed by atoms with Crippen LogP contribution in [0.5, 0.6) is 0 Å². The molecule has 130 valence electrons. The lowest BCUT2D eigenvalue weighted by Crippen LogP contribution is -2.14. The van der Waals surface area contributed by atoms with Crippen LogP contribution in [0.1, 0.15) is 31.4 Å². The number of nitro benzene ring substituents is 1. The molecule has 0 fully saturated rings. The maximum absolute atomic E-state index is 12.0. The number of anilines is 1. The lowest BCUT2D eigenvalue weighted by molar-refractivity contribution is -0.385. The van der Waals surface area contributed by atoms with Crippen molar-refractivity contribution in [2.45, 2.75) is 27.2 Å². The van der Waals surface area contributed by atoms with Crippen LogP contribution in [0.15, 0.2) is 17.7 Å². The van der Waals surface area contributed by atoms with Gasteiger partial charge in [-0.3, -0.25) is 14.9 Å². The average Bonchev–Trinajstić information content (AvgIpc) is 2.50. The van der Waals surface area contributed by atoms with E-state index in [-0.39, 0.29) is 47.7 Å². The largest absolute Gasteiger partial charge is 0.466 e. The van der Waals surface area contributed by atoms with Crippen LogP contribution >= 0.6 is 0 Å². The molecular weight excluding hydrogens is 316 g/mol. The Morgan fingerprint density at radius 3 is 2.42 bits per heavy atom. The van der Waals surface area contributed by atoms with Crippen molar-refractivity contribution < 1.29 is 24.0 Å². The number of hydrogen-bond acceptors (Lipinski definition) is 7. The van der Waals surface area contributed by atoms with Crippen molar-refractivity contribution >= 4 is 29.4 Å². The fourth-order valence-corrected chi connectivity index (χ4v) is 2.06. The molecule has 0 bridgehead atoms. The Morgan fingerprint density at radius 1 is 1.25 bits per heavy atom. The number of ether oxygens (including phenoxy) is 2. The zero-order chi connectivity index (χ0) is 18.3. The number of esters is 2. The number of benzene rings is 1. The molecule has 0 heterocycles. The van der Waals surface area contributed by atoms with Gasteiger partial charge in [0.2, 0.25) is 0 Å². The van der Waals surface area contributed by atoms with E-state index in [9.17, 15) is 19.7 Å². The molecule has 0 saturated carbocycles. The number of nitrogens with two attached hydrogens (primary N) is 1. The Morgan fingerprint density at radius 2 is 1.88 bits per heavy atom. The van der Waals surface area contributed by atoms with Gasteiger partial charge in [-0.25, -0.2) is 4.79 Å². The molecule has 0 aromatic heterocycles. The highest BCUT2D eigenvalue weighted by Gasteiger charge is 2.22. The summed E-state index contributed by atoms with van der Waals surface area (Å²) in [4.78, 5) is 34.4. The van der Waals surface area contributed by atoms with Gasteiger partial charge >= 0.3 is 11.9 Å². The maximum atomic E-state index is 12.0. The molecule has 24 heavy (non-hydrogen) atoms. The van der Waals surface area contributed by atoms with Crippen LogP contribution in [0.3, 0.4) is 0 Å². The van der Waals surface area contributed by atoms with Crippen LogP contribution in [0, 0.1) is 17.0 Å². The van der Waals surface area contributed by atoms with Crippen molar-refractivity contribution in [1.82, 2.24) is 0 Å². The summed E-state index contributed by atoms with van der Waals surface area (Å²) < 4.78 is 9.72. The van der Waals surface area contributed by atoms with E-state index in [2.05, 4.69) is 0 Å². The number of nitrogens with zero attached hydrogens (tertiary/aromatic N) is 1. The zero-order valence-corrected chi connectivity index (χ0v) is 13.8. The first-order valence-electron chi connectivity index (χ1n) is 7.38. The van der Waals surface area contributed by atoms with Gasteiger partial charge in [0.1, 0.15) is 0 Å². The normalized spacial score (nSPS) is 11.0. The second-order valence-electron chi connectivity index (χ2n) is 4.85. The summed E-state index contributed by atoms with van der Waals surface area (Å²) in [6.45, 7) is 5.05. The van der Waals surface area contributed by atoms with Gasteiger partial charge in [-0.2, -0.15) is 0 Å². The maximum Gasteiger partial charge on any atom is 0.334 e. The zero-order valence-electron chi connectivity index (χ0n) is 13.8. The van der Waals surface area contributed by atoms with E-state index in [0.29, 0.717) is 0 Å². The smallest absolute Gasteiger partial charge is 0.334 e. The fraction of sp³-hybridized carbons (Fsp3) is 0.375. The average molecular weight is 336 g/mol. The van der Waals surface area contributed by atoms with E-state index in [1.54, 1.807) is 13.8 Å². The predicted molar refractivity (Wildman–Crippen MR) is 88.1 cm³/mol. The van der Waals surface area contributed by atoms with Crippen molar-refractivity contribution in [2.24, 2.45) is 0 Å². The topological polar surface area (TPSA) is 122 Å². The number of hydrogen-bond donors (Lipinski definition) is 1. The molecule has 8 heteroatoms. The standard InChI is InChI=1S/C16H20N2O6/c1-4-23-14(19)9-12(16(20)24-5-2)8-11-6-7-13(17)10(3)15(11)18(21)22/h6-8H,4-5,9,17H2,1-3H3/b12-8+. The quantitative estimate of drug-likeness (QED) is 0.267. The molecule has 1 aromatic rings. The molecule has 0 amide bonds. The van der Waals surface area contributed by atoms with Gasteiger partial charge in [0.05, 0.1) is 35.7 Å². The highest BCUT2D eigenvalue weighted by molar-refractivity contribution is 5.99. The summed E-state index contributed by atoms with van der Waals surface area (Å²) in [5, 5.41) is 11.3. The molecule has 1 aromatic carbocycles. The summed E-state index contributed by atoms with van der Waals surface area (Å²) in [5.41, 5.74) is 6.16. The minimum atomic E-state index is -0.727. The summed E-state index contributed by atoms with van der Waals surface area (Å²) in [5.74, 6) is -1.35. The molecule has 0 spiro atoms. The van der Waals surface area contributed by atoms with E-state index in [4.69, 9.17) is 15.2 Å². The fourth-order valence-electron chi connectivity index (χ4n) is 2.06. The summed E-state index contributed by atoms with van der Waals surface area (Å²) in [6, 6.07) is 2.92. The molecule has 8 nitrogen and oxygen atoms in total. The second-order valence-corrected chi connectivity index (χ2v) is 4.85. The van der Waals surface area contributed by atoms with E-state index < -0.39 is 16.9 Å². The lowest BCUT2D eigenvalue weighted by atomic mass is 10.0. The van der Waals surface area contributed by atoms with Crippen LogP contribution in [-0.2, 0) is 19.1 Å². The molecule has 0 aliphatic rings. The van der Waals surface area contributed by atoms with Crippen LogP contribution in [0.25, 0.3) is 6.08 Å². The van der Waals surface area contributed by atoms with Crippen molar-refractivity contribution in [2.75, 3.05) is 18.9 Å². The highest BCUT2D eigenvalue weighted by atomic mass is 16.6. The Kier molecular flexibility index (Phi) is 6.91. The first-order valence-corrected chi connectivity index (χ1v) is 7.38. The van der Waals surface area contributed by atoms with Crippen LogP contribution in [0.2, 0.25) is 0 Å². The van der Waals surface area contributed by atoms with Crippen molar-refractivity contribution in [3.8, 4) is 0 Å². The van der Waals surface area contributed by atoms with E-state index in [1.807, 2.05) is 0 Å². The van der Waals surface area contributed by atoms with Crippen LogP contribution in [0.4, 0.5) is 11.4 Å². The number of rotatable bonds is 7. The first-order chi connectivity index (χ1) is 11.3. The molecule has 2 N–H and O–H groups in total. The third-order valence-corrected chi connectivity index (χ3v) is 3.19. The Balaban J connectivity index is 3.37. The molecule has 0 atom stereocenters. The first kappa shape index (κ1) is 19.1. The third-order valence-electron chi connectivity index (χ3n) is 3.19. The van der Waals surface area contributed by atoms with Gasteiger partial charge < -0.3 is 15.2 Å². The lowest BCUT2D eigenvalue weighted by Gasteiger charge is -2.09. The molecule has 0 saturated heterocycles. The SMILES string of the molecule is CCOC(=O)C/C(=C\c1ccc(N)c(C)c1[N+](=O)[O-])C(=O)OCC. The van der Waals surface area contributed by atoms with Crippen LogP contribution < -0.4 is 5.73 Å². The van der Waals surface area contributed by atoms with E-state index >= 15 is 0 Å². The Bertz CT molecular complexity index is 681. The second kappa shape index (κ2) is 8.66. The minimum Gasteiger partial charge on any atom is -0.466 e. The predicted octanol–water partition coefficient (Wildman–Crippen LogP) is 2.39. The Hall–Kier alpha value is -2.90. The van der Waals surface area contributed by atoms with Crippen molar-refractivity contribution in [1.29, 1.82) is 0 Å². The van der Waals surface area contributed by atoms with Gasteiger partial charge in [-0.05, 0) is 39.0 Å². The number of carbonyl (C=O) groups excluding carboxylic acids is 2. The molecule has 0 aliphatic heterocycles. The van der Waals surface area contributed by atoms with Gasteiger partial charge in [-0.1, -0.05) is 0 Å². The molecule has 0 unspecified atom stereocenters. The van der Waals surface area contributed by atoms with E-state index in [0.717, 1.165) is 0 Å². The minimum absolute atomic E-state index is 0.0254. The molecule has 0 aliphatic carbocycles. The summed E-state index contributed by atoms with van der Waals surface area (Å²) >= 11 is 0. The number of carbonyl (C=O) groups is 2. The summed E-state index contributed by atoms with van der Waals surface area (Å²) in [7, 11) is 0. The third kappa shape index (κ3) is 4.80. The Labute approximate surface area is 139 Å². The molecular formula is C16H20N2O6.